The zero-order valence-electron chi connectivity index (χ0n) is 23.6. The van der Waals surface area contributed by atoms with Gasteiger partial charge in [0.1, 0.15) is 17.8 Å². The number of hydrogen-bond donors (Lipinski definition) is 7. The third kappa shape index (κ3) is 9.44. The largest absolute Gasteiger partial charge is 0.400 e. The number of rotatable bonds is 3. The molecule has 0 atom stereocenters. The fourth-order valence-electron chi connectivity index (χ4n) is 4.40. The number of guanidine groups is 1. The predicted molar refractivity (Wildman–Crippen MR) is 166 cm³/mol. The molecule has 1 fully saturated rings. The van der Waals surface area contributed by atoms with E-state index < -0.39 is 0 Å². The molecule has 222 valence electrons. The van der Waals surface area contributed by atoms with Crippen molar-refractivity contribution in [1.29, 1.82) is 0 Å². The summed E-state index contributed by atoms with van der Waals surface area (Å²) in [5, 5.41) is 22.9. The van der Waals surface area contributed by atoms with Gasteiger partial charge in [-0.05, 0) is 31.7 Å². The highest BCUT2D eigenvalue weighted by molar-refractivity contribution is 5.99. The van der Waals surface area contributed by atoms with Gasteiger partial charge in [-0.15, -0.1) is 10.2 Å². The molecule has 2 aromatic carbocycles. The van der Waals surface area contributed by atoms with E-state index in [2.05, 4.69) is 41.2 Å². The normalized spacial score (nSPS) is 17.0. The zero-order chi connectivity index (χ0) is 30.2. The second-order valence-electron chi connectivity index (χ2n) is 9.34. The summed E-state index contributed by atoms with van der Waals surface area (Å²) in [5.41, 5.74) is 16.0. The van der Waals surface area contributed by atoms with Crippen LogP contribution in [-0.4, -0.2) is 63.4 Å². The molecular weight excluding hydrogens is 534 g/mol. The Balaban J connectivity index is 0.000000180. The van der Waals surface area contributed by atoms with Gasteiger partial charge in [0.05, 0.1) is 6.54 Å². The maximum atomic E-state index is 11.9. The number of hydrazine groups is 1. The number of aliphatic hydroxyl groups is 1. The molecule has 3 heterocycles. The highest BCUT2D eigenvalue weighted by Crippen LogP contribution is 2.28. The average Bonchev–Trinajstić information content (AvgIpc) is 3.59. The van der Waals surface area contributed by atoms with E-state index in [1.165, 1.54) is 6.33 Å². The van der Waals surface area contributed by atoms with Crippen LogP contribution < -0.4 is 33.4 Å². The van der Waals surface area contributed by atoms with Gasteiger partial charge in [-0.2, -0.15) is 0 Å². The number of anilines is 2. The van der Waals surface area contributed by atoms with Gasteiger partial charge in [0, 0.05) is 48.1 Å². The molecule has 1 aliphatic heterocycles. The number of nitrogens with zero attached hydrogens (tertiary/aromatic N) is 5. The quantitative estimate of drug-likeness (QED) is 0.139. The van der Waals surface area contributed by atoms with E-state index in [1.54, 1.807) is 12.3 Å². The summed E-state index contributed by atoms with van der Waals surface area (Å²) >= 11 is 0. The molecule has 1 aliphatic carbocycles. The van der Waals surface area contributed by atoms with Crippen LogP contribution in [0, 0.1) is 5.92 Å². The van der Waals surface area contributed by atoms with E-state index in [1.807, 2.05) is 54.6 Å². The lowest BCUT2D eigenvalue weighted by molar-refractivity contribution is -0.120. The maximum Gasteiger partial charge on any atom is 0.228 e. The fraction of sp³-hybridized carbons (Fsp3) is 0.310. The first-order valence-corrected chi connectivity index (χ1v) is 13.6. The number of carbonyl (C=O) groups excluding carboxylic acids is 1. The van der Waals surface area contributed by atoms with Crippen molar-refractivity contribution >= 4 is 34.3 Å². The SMILES string of the molecule is CO.NC1CCC(C(=O)Nc2ccncn2)CC1.NNC1=NCCN1.Nc1nnc(-c2ccccc2)c2ccccc12. The Kier molecular flexibility index (Phi) is 13.0. The molecule has 0 bridgehead atoms. The van der Waals surface area contributed by atoms with Crippen molar-refractivity contribution in [3.05, 3.63) is 73.2 Å². The summed E-state index contributed by atoms with van der Waals surface area (Å²) in [6.45, 7) is 1.74. The topological polar surface area (TPSA) is 215 Å². The summed E-state index contributed by atoms with van der Waals surface area (Å²) in [7, 11) is 1.00. The Labute approximate surface area is 245 Å². The standard InChI is InChI=1S/C14H11N3.C11H16N4O.C3H8N4.CH4O/c15-14-12-9-5-4-8-11(12)13(16-17-14)10-6-2-1-3-7-10;12-9-3-1-8(2-4-9)11(16)15-10-5-6-13-7-14-10;4-7-3-5-1-2-6-3;1-2/h1-9H,(H2,15,17);5-9H,1-4,12H2,(H,13,14,15,16);1-2,4H2,(H2,5,6,7);2H,1H3. The van der Waals surface area contributed by atoms with Gasteiger partial charge in [0.25, 0.3) is 0 Å². The van der Waals surface area contributed by atoms with Crippen LogP contribution in [0.15, 0.2) is 78.2 Å². The summed E-state index contributed by atoms with van der Waals surface area (Å²) in [4.78, 5) is 23.5. The van der Waals surface area contributed by atoms with E-state index in [9.17, 15) is 4.79 Å². The number of amides is 1. The van der Waals surface area contributed by atoms with Gasteiger partial charge in [0.15, 0.2) is 5.82 Å². The molecule has 0 spiro atoms. The van der Waals surface area contributed by atoms with Crippen LogP contribution in [0.2, 0.25) is 0 Å². The number of hydrogen-bond acceptors (Lipinski definition) is 12. The molecule has 10 N–H and O–H groups in total. The summed E-state index contributed by atoms with van der Waals surface area (Å²) in [6.07, 6.45) is 6.64. The highest BCUT2D eigenvalue weighted by Gasteiger charge is 2.24. The summed E-state index contributed by atoms with van der Waals surface area (Å²) in [6, 6.07) is 19.9. The van der Waals surface area contributed by atoms with Crippen molar-refractivity contribution < 1.29 is 9.90 Å². The average molecular weight is 574 g/mol. The Morgan fingerprint density at radius 3 is 2.24 bits per heavy atom. The molecule has 0 radical (unpaired) electrons. The molecule has 0 unspecified atom stereocenters. The lowest BCUT2D eigenvalue weighted by Gasteiger charge is -2.24. The molecule has 6 rings (SSSR count). The van der Waals surface area contributed by atoms with Crippen molar-refractivity contribution in [3.63, 3.8) is 0 Å². The van der Waals surface area contributed by atoms with Crippen LogP contribution in [0.25, 0.3) is 22.0 Å². The van der Waals surface area contributed by atoms with Gasteiger partial charge in [0.2, 0.25) is 11.9 Å². The smallest absolute Gasteiger partial charge is 0.228 e. The van der Waals surface area contributed by atoms with Crippen molar-refractivity contribution in [2.75, 3.05) is 31.2 Å². The molecule has 1 saturated carbocycles. The van der Waals surface area contributed by atoms with Crippen LogP contribution in [0.4, 0.5) is 11.6 Å². The van der Waals surface area contributed by atoms with Gasteiger partial charge in [-0.3, -0.25) is 15.2 Å². The van der Waals surface area contributed by atoms with E-state index in [4.69, 9.17) is 22.4 Å². The monoisotopic (exact) mass is 573 g/mol. The number of nitrogens with two attached hydrogens (primary N) is 3. The van der Waals surface area contributed by atoms with Crippen molar-refractivity contribution in [2.24, 2.45) is 22.5 Å². The first-order chi connectivity index (χ1) is 20.5. The molecule has 2 aromatic heterocycles. The lowest BCUT2D eigenvalue weighted by atomic mass is 9.86. The number of aliphatic imine (C=N–C) groups is 1. The van der Waals surface area contributed by atoms with Crippen molar-refractivity contribution in [1.82, 2.24) is 30.9 Å². The zero-order valence-corrected chi connectivity index (χ0v) is 23.6. The van der Waals surface area contributed by atoms with Crippen LogP contribution in [0.5, 0.6) is 0 Å². The summed E-state index contributed by atoms with van der Waals surface area (Å²) < 4.78 is 0. The van der Waals surface area contributed by atoms with E-state index >= 15 is 0 Å². The van der Waals surface area contributed by atoms with Gasteiger partial charge >= 0.3 is 0 Å². The Morgan fingerprint density at radius 1 is 0.952 bits per heavy atom. The van der Waals surface area contributed by atoms with E-state index in [-0.39, 0.29) is 17.9 Å². The number of nitrogen functional groups attached to an aromatic ring is 1. The molecule has 1 amide bonds. The van der Waals surface area contributed by atoms with E-state index in [0.29, 0.717) is 17.6 Å². The molecule has 4 aromatic rings. The number of nitrogens with one attached hydrogen (secondary N) is 3. The van der Waals surface area contributed by atoms with Gasteiger partial charge in [-0.1, -0.05) is 54.6 Å². The highest BCUT2D eigenvalue weighted by atomic mass is 16.2. The Morgan fingerprint density at radius 2 is 1.64 bits per heavy atom. The molecule has 42 heavy (non-hydrogen) atoms. The first kappa shape index (κ1) is 31.8. The molecule has 2 aliphatic rings. The number of carbonyl (C=O) groups is 1. The maximum absolute atomic E-state index is 11.9. The minimum Gasteiger partial charge on any atom is -0.400 e. The number of benzene rings is 2. The first-order valence-electron chi connectivity index (χ1n) is 13.6. The fourth-order valence-corrected chi connectivity index (χ4v) is 4.40. The van der Waals surface area contributed by atoms with Crippen molar-refractivity contribution in [3.8, 4) is 11.3 Å². The minimum atomic E-state index is 0.0469. The van der Waals surface area contributed by atoms with Crippen LogP contribution >= 0.6 is 0 Å². The molecule has 13 nitrogen and oxygen atoms in total. The van der Waals surface area contributed by atoms with Crippen molar-refractivity contribution in [2.45, 2.75) is 31.7 Å². The third-order valence-corrected chi connectivity index (χ3v) is 6.55. The number of fused-ring (bicyclic) bond motifs is 1. The lowest BCUT2D eigenvalue weighted by Crippen LogP contribution is -2.38. The predicted octanol–water partition coefficient (Wildman–Crippen LogP) is 1.83. The van der Waals surface area contributed by atoms with Gasteiger partial charge in [-0.25, -0.2) is 15.8 Å². The minimum absolute atomic E-state index is 0.0469. The second kappa shape index (κ2) is 17.2. The van der Waals surface area contributed by atoms with Crippen LogP contribution in [0.1, 0.15) is 25.7 Å². The third-order valence-electron chi connectivity index (χ3n) is 6.55. The van der Waals surface area contributed by atoms with Crippen LogP contribution in [-0.2, 0) is 4.79 Å². The molecular formula is C29H39N11O2. The van der Waals surface area contributed by atoms with Gasteiger partial charge < -0.3 is 27.2 Å². The van der Waals surface area contributed by atoms with Crippen LogP contribution in [0.3, 0.4) is 0 Å². The molecule has 13 heteroatoms. The van der Waals surface area contributed by atoms with E-state index in [0.717, 1.165) is 67.9 Å². The Hall–Kier alpha value is -4.72. The number of aliphatic hydroxyl groups excluding tert-OH is 1. The number of aromatic nitrogens is 4. The molecule has 0 saturated heterocycles. The Bertz CT molecular complexity index is 1400. The second-order valence-corrected chi connectivity index (χ2v) is 9.34. The summed E-state index contributed by atoms with van der Waals surface area (Å²) in [5.74, 6) is 6.85.